The molecular formula is C18H14ClFO. The van der Waals surface area contributed by atoms with Crippen LogP contribution in [0.25, 0.3) is 10.8 Å². The molecule has 0 aliphatic carbocycles. The molecule has 0 saturated heterocycles. The summed E-state index contributed by atoms with van der Waals surface area (Å²) in [7, 11) is 0. The number of hydrogen-bond donors (Lipinski definition) is 1. The van der Waals surface area contributed by atoms with Crippen molar-refractivity contribution in [3.8, 4) is 0 Å². The molecule has 0 amide bonds. The van der Waals surface area contributed by atoms with Crippen LogP contribution in [0.4, 0.5) is 4.39 Å². The number of rotatable bonds is 3. The average Bonchev–Trinajstić information content (AvgIpc) is 2.50. The first-order valence-corrected chi connectivity index (χ1v) is 7.12. The highest BCUT2D eigenvalue weighted by atomic mass is 35.5. The van der Waals surface area contributed by atoms with Crippen LogP contribution in [0.5, 0.6) is 0 Å². The molecule has 3 rings (SSSR count). The van der Waals surface area contributed by atoms with E-state index in [4.69, 9.17) is 11.6 Å². The molecule has 3 heteroatoms. The van der Waals surface area contributed by atoms with Crippen molar-refractivity contribution < 1.29 is 9.50 Å². The second-order valence-electron chi connectivity index (χ2n) is 5.02. The standard InChI is InChI=1S/C18H14ClFO/c19-14-8-9-17(20)16(11-14)18(21)10-13-6-3-5-12-4-1-2-7-15(12)13/h1-9,11,18,21H,10H2. The van der Waals surface area contributed by atoms with Gasteiger partial charge in [0.2, 0.25) is 0 Å². The molecule has 0 spiro atoms. The van der Waals surface area contributed by atoms with Crippen molar-refractivity contribution in [1.82, 2.24) is 0 Å². The molecule has 0 bridgehead atoms. The number of hydrogen-bond acceptors (Lipinski definition) is 1. The van der Waals surface area contributed by atoms with Gasteiger partial charge < -0.3 is 5.11 Å². The Balaban J connectivity index is 1.96. The number of aliphatic hydroxyl groups is 1. The van der Waals surface area contributed by atoms with Crippen molar-refractivity contribution in [1.29, 1.82) is 0 Å². The molecule has 0 radical (unpaired) electrons. The number of fused-ring (bicyclic) bond motifs is 1. The van der Waals surface area contributed by atoms with E-state index >= 15 is 0 Å². The fraction of sp³-hybridized carbons (Fsp3) is 0.111. The normalized spacial score (nSPS) is 12.5. The molecule has 0 aliphatic rings. The van der Waals surface area contributed by atoms with Gasteiger partial charge in [-0.05, 0) is 34.5 Å². The van der Waals surface area contributed by atoms with Crippen molar-refractivity contribution in [2.24, 2.45) is 0 Å². The summed E-state index contributed by atoms with van der Waals surface area (Å²) in [6, 6.07) is 18.1. The minimum Gasteiger partial charge on any atom is -0.388 e. The number of aliphatic hydroxyl groups excluding tert-OH is 1. The zero-order valence-corrected chi connectivity index (χ0v) is 12.0. The van der Waals surface area contributed by atoms with Gasteiger partial charge in [0, 0.05) is 17.0 Å². The second kappa shape index (κ2) is 5.84. The smallest absolute Gasteiger partial charge is 0.129 e. The van der Waals surface area contributed by atoms with Crippen molar-refractivity contribution in [3.63, 3.8) is 0 Å². The maximum atomic E-state index is 13.8. The number of benzene rings is 3. The predicted octanol–water partition coefficient (Wildman–Crippen LogP) is 4.91. The molecular weight excluding hydrogens is 287 g/mol. The number of halogens is 2. The Morgan fingerprint density at radius 3 is 2.62 bits per heavy atom. The zero-order valence-electron chi connectivity index (χ0n) is 11.3. The zero-order chi connectivity index (χ0) is 14.8. The first kappa shape index (κ1) is 14.1. The fourth-order valence-corrected chi connectivity index (χ4v) is 2.74. The van der Waals surface area contributed by atoms with Crippen molar-refractivity contribution in [2.45, 2.75) is 12.5 Å². The molecule has 21 heavy (non-hydrogen) atoms. The molecule has 0 fully saturated rings. The summed E-state index contributed by atoms with van der Waals surface area (Å²) < 4.78 is 13.8. The van der Waals surface area contributed by atoms with Crippen LogP contribution >= 0.6 is 11.6 Å². The van der Waals surface area contributed by atoms with Gasteiger partial charge in [0.15, 0.2) is 0 Å². The van der Waals surface area contributed by atoms with Gasteiger partial charge >= 0.3 is 0 Å². The highest BCUT2D eigenvalue weighted by molar-refractivity contribution is 6.30. The van der Waals surface area contributed by atoms with E-state index in [1.807, 2.05) is 42.5 Å². The Kier molecular flexibility index (Phi) is 3.91. The minimum atomic E-state index is -0.922. The Bertz CT molecular complexity index is 780. The van der Waals surface area contributed by atoms with Crippen LogP contribution < -0.4 is 0 Å². The van der Waals surface area contributed by atoms with Crippen LogP contribution in [0.1, 0.15) is 17.2 Å². The predicted molar refractivity (Wildman–Crippen MR) is 84.0 cm³/mol. The van der Waals surface area contributed by atoms with E-state index in [9.17, 15) is 9.50 Å². The van der Waals surface area contributed by atoms with Gasteiger partial charge in [-0.3, -0.25) is 0 Å². The summed E-state index contributed by atoms with van der Waals surface area (Å²) in [4.78, 5) is 0. The lowest BCUT2D eigenvalue weighted by Gasteiger charge is -2.14. The topological polar surface area (TPSA) is 20.2 Å². The van der Waals surface area contributed by atoms with Gasteiger partial charge in [-0.2, -0.15) is 0 Å². The molecule has 0 aliphatic heterocycles. The lowest BCUT2D eigenvalue weighted by Crippen LogP contribution is -2.05. The molecule has 1 N–H and O–H groups in total. The summed E-state index contributed by atoms with van der Waals surface area (Å²) in [5, 5.41) is 12.9. The maximum Gasteiger partial charge on any atom is 0.129 e. The van der Waals surface area contributed by atoms with Crippen molar-refractivity contribution >= 4 is 22.4 Å². The van der Waals surface area contributed by atoms with Crippen LogP contribution in [0.3, 0.4) is 0 Å². The largest absolute Gasteiger partial charge is 0.388 e. The second-order valence-corrected chi connectivity index (χ2v) is 5.46. The Hall–Kier alpha value is -1.90. The van der Waals surface area contributed by atoms with Crippen LogP contribution in [-0.4, -0.2) is 5.11 Å². The highest BCUT2D eigenvalue weighted by Crippen LogP contribution is 2.27. The lowest BCUT2D eigenvalue weighted by molar-refractivity contribution is 0.174. The molecule has 3 aromatic carbocycles. The maximum absolute atomic E-state index is 13.8. The van der Waals surface area contributed by atoms with Gasteiger partial charge in [0.05, 0.1) is 6.10 Å². The molecule has 3 aromatic rings. The van der Waals surface area contributed by atoms with Crippen molar-refractivity contribution in [3.05, 3.63) is 82.6 Å². The monoisotopic (exact) mass is 300 g/mol. The molecule has 1 atom stereocenters. The Labute approximate surface area is 127 Å². The minimum absolute atomic E-state index is 0.232. The molecule has 1 nitrogen and oxygen atoms in total. The van der Waals surface area contributed by atoms with Crippen molar-refractivity contribution in [2.75, 3.05) is 0 Å². The van der Waals surface area contributed by atoms with Crippen LogP contribution in [0.15, 0.2) is 60.7 Å². The Morgan fingerprint density at radius 2 is 1.76 bits per heavy atom. The van der Waals surface area contributed by atoms with E-state index in [0.717, 1.165) is 16.3 Å². The third-order valence-electron chi connectivity index (χ3n) is 3.61. The third kappa shape index (κ3) is 2.92. The van der Waals surface area contributed by atoms with Gasteiger partial charge in [-0.1, -0.05) is 54.1 Å². The average molecular weight is 301 g/mol. The fourth-order valence-electron chi connectivity index (χ4n) is 2.56. The molecule has 0 aromatic heterocycles. The Morgan fingerprint density at radius 1 is 1.00 bits per heavy atom. The van der Waals surface area contributed by atoms with E-state index < -0.39 is 11.9 Å². The van der Waals surface area contributed by atoms with Gasteiger partial charge in [0.1, 0.15) is 5.82 Å². The van der Waals surface area contributed by atoms with E-state index in [-0.39, 0.29) is 5.56 Å². The van der Waals surface area contributed by atoms with Gasteiger partial charge in [0.25, 0.3) is 0 Å². The summed E-state index contributed by atoms with van der Waals surface area (Å²) in [5.41, 5.74) is 1.22. The first-order chi connectivity index (χ1) is 10.1. The summed E-state index contributed by atoms with van der Waals surface area (Å²) in [6.07, 6.45) is -0.576. The van der Waals surface area contributed by atoms with Crippen LogP contribution in [-0.2, 0) is 6.42 Å². The van der Waals surface area contributed by atoms with E-state index in [2.05, 4.69) is 0 Å². The molecule has 1 unspecified atom stereocenters. The first-order valence-electron chi connectivity index (χ1n) is 6.75. The molecule has 106 valence electrons. The van der Waals surface area contributed by atoms with Gasteiger partial charge in [-0.15, -0.1) is 0 Å². The summed E-state index contributed by atoms with van der Waals surface area (Å²) >= 11 is 5.88. The van der Waals surface area contributed by atoms with E-state index in [1.54, 1.807) is 0 Å². The van der Waals surface area contributed by atoms with E-state index in [0.29, 0.717) is 11.4 Å². The molecule has 0 saturated carbocycles. The lowest BCUT2D eigenvalue weighted by atomic mass is 9.96. The van der Waals surface area contributed by atoms with Gasteiger partial charge in [-0.25, -0.2) is 4.39 Å². The van der Waals surface area contributed by atoms with Crippen LogP contribution in [0, 0.1) is 5.82 Å². The highest BCUT2D eigenvalue weighted by Gasteiger charge is 2.15. The summed E-state index contributed by atoms with van der Waals surface area (Å²) in [5.74, 6) is -0.438. The molecule has 0 heterocycles. The SMILES string of the molecule is OC(Cc1cccc2ccccc12)c1cc(Cl)ccc1F. The quantitative estimate of drug-likeness (QED) is 0.729. The van der Waals surface area contributed by atoms with E-state index in [1.165, 1.54) is 18.2 Å². The third-order valence-corrected chi connectivity index (χ3v) is 3.85. The summed E-state index contributed by atoms with van der Waals surface area (Å²) in [6.45, 7) is 0. The van der Waals surface area contributed by atoms with Crippen LogP contribution in [0.2, 0.25) is 5.02 Å².